The van der Waals surface area contributed by atoms with E-state index in [1.807, 2.05) is 34.6 Å². The monoisotopic (exact) mass is 321 g/mol. The molecular weight excluding hydrogens is 294 g/mol. The quantitative estimate of drug-likeness (QED) is 0.842. The first-order valence-corrected chi connectivity index (χ1v) is 8.20. The predicted molar refractivity (Wildman–Crippen MR) is 86.9 cm³/mol. The lowest BCUT2D eigenvalue weighted by Gasteiger charge is -2.31. The molecule has 128 valence electrons. The molecule has 1 aromatic heterocycles. The van der Waals surface area contributed by atoms with Crippen LogP contribution in [0.25, 0.3) is 0 Å². The van der Waals surface area contributed by atoms with Crippen molar-refractivity contribution in [1.82, 2.24) is 15.4 Å². The van der Waals surface area contributed by atoms with E-state index in [1.165, 1.54) is 0 Å². The molecule has 1 atom stereocenters. The maximum absolute atomic E-state index is 12.2. The maximum atomic E-state index is 12.2. The van der Waals surface area contributed by atoms with Gasteiger partial charge in [0.1, 0.15) is 5.76 Å². The Kier molecular flexibility index (Phi) is 5.12. The normalized spacial score (nSPS) is 18.6. The summed E-state index contributed by atoms with van der Waals surface area (Å²) < 4.78 is 5.13. The molecule has 0 saturated carbocycles. The summed E-state index contributed by atoms with van der Waals surface area (Å²) >= 11 is 0. The van der Waals surface area contributed by atoms with Gasteiger partial charge in [-0.3, -0.25) is 9.59 Å². The van der Waals surface area contributed by atoms with Crippen LogP contribution in [0.15, 0.2) is 4.52 Å². The van der Waals surface area contributed by atoms with Gasteiger partial charge in [0.25, 0.3) is 0 Å². The van der Waals surface area contributed by atoms with Gasteiger partial charge in [-0.1, -0.05) is 5.16 Å². The SMILES string of the molecule is Cc1noc(C)c1CCCNC(=O)[C@H]1CC(=O)N(C(C)(C)C)C1. The maximum Gasteiger partial charge on any atom is 0.225 e. The van der Waals surface area contributed by atoms with E-state index in [2.05, 4.69) is 10.5 Å². The highest BCUT2D eigenvalue weighted by molar-refractivity contribution is 5.89. The van der Waals surface area contributed by atoms with Gasteiger partial charge < -0.3 is 14.7 Å². The Balaban J connectivity index is 1.77. The second kappa shape index (κ2) is 6.72. The summed E-state index contributed by atoms with van der Waals surface area (Å²) in [7, 11) is 0. The Morgan fingerprint density at radius 1 is 1.39 bits per heavy atom. The number of nitrogens with zero attached hydrogens (tertiary/aromatic N) is 2. The molecule has 2 heterocycles. The van der Waals surface area contributed by atoms with E-state index in [4.69, 9.17) is 4.52 Å². The summed E-state index contributed by atoms with van der Waals surface area (Å²) in [5.41, 5.74) is 1.81. The van der Waals surface area contributed by atoms with Crippen LogP contribution < -0.4 is 5.32 Å². The Labute approximate surface area is 137 Å². The third kappa shape index (κ3) is 4.12. The van der Waals surface area contributed by atoms with Gasteiger partial charge in [0, 0.05) is 30.6 Å². The number of aromatic nitrogens is 1. The van der Waals surface area contributed by atoms with E-state index in [9.17, 15) is 9.59 Å². The van der Waals surface area contributed by atoms with Crippen LogP contribution in [-0.4, -0.2) is 40.5 Å². The highest BCUT2D eigenvalue weighted by Gasteiger charge is 2.39. The summed E-state index contributed by atoms with van der Waals surface area (Å²) in [6, 6.07) is 0. The van der Waals surface area contributed by atoms with Crippen LogP contribution in [0.2, 0.25) is 0 Å². The van der Waals surface area contributed by atoms with Gasteiger partial charge in [-0.2, -0.15) is 0 Å². The summed E-state index contributed by atoms with van der Waals surface area (Å²) in [6.45, 7) is 10.9. The van der Waals surface area contributed by atoms with Crippen molar-refractivity contribution < 1.29 is 14.1 Å². The fraction of sp³-hybridized carbons (Fsp3) is 0.706. The zero-order valence-electron chi connectivity index (χ0n) is 14.7. The third-order valence-corrected chi connectivity index (χ3v) is 4.39. The first-order chi connectivity index (χ1) is 10.7. The first kappa shape index (κ1) is 17.5. The molecule has 1 aromatic rings. The van der Waals surface area contributed by atoms with E-state index in [0.717, 1.165) is 29.9 Å². The topological polar surface area (TPSA) is 75.4 Å². The Bertz CT molecular complexity index is 567. The lowest BCUT2D eigenvalue weighted by Crippen LogP contribution is -2.43. The number of amides is 2. The van der Waals surface area contributed by atoms with Crippen molar-refractivity contribution >= 4 is 11.8 Å². The number of nitrogens with one attached hydrogen (secondary N) is 1. The molecule has 6 nitrogen and oxygen atoms in total. The average Bonchev–Trinajstić information content (AvgIpc) is 2.99. The molecule has 6 heteroatoms. The van der Waals surface area contributed by atoms with Crippen LogP contribution in [-0.2, 0) is 16.0 Å². The van der Waals surface area contributed by atoms with Crippen LogP contribution in [0, 0.1) is 19.8 Å². The Morgan fingerprint density at radius 3 is 2.61 bits per heavy atom. The van der Waals surface area contributed by atoms with Gasteiger partial charge in [0.2, 0.25) is 11.8 Å². The van der Waals surface area contributed by atoms with Crippen molar-refractivity contribution in [3.8, 4) is 0 Å². The third-order valence-electron chi connectivity index (χ3n) is 4.39. The summed E-state index contributed by atoms with van der Waals surface area (Å²) in [6.07, 6.45) is 1.98. The molecular formula is C17H27N3O3. The van der Waals surface area contributed by atoms with E-state index in [0.29, 0.717) is 19.5 Å². The number of hydrogen-bond donors (Lipinski definition) is 1. The Morgan fingerprint density at radius 2 is 2.09 bits per heavy atom. The van der Waals surface area contributed by atoms with E-state index >= 15 is 0 Å². The van der Waals surface area contributed by atoms with E-state index in [1.54, 1.807) is 4.90 Å². The lowest BCUT2D eigenvalue weighted by molar-refractivity contribution is -0.132. The second-order valence-electron chi connectivity index (χ2n) is 7.27. The van der Waals surface area contributed by atoms with E-state index < -0.39 is 0 Å². The van der Waals surface area contributed by atoms with Crippen LogP contribution in [0.5, 0.6) is 0 Å². The molecule has 0 unspecified atom stereocenters. The number of rotatable bonds is 5. The molecule has 0 aromatic carbocycles. The van der Waals surface area contributed by atoms with Crippen molar-refractivity contribution in [3.63, 3.8) is 0 Å². The summed E-state index contributed by atoms with van der Waals surface area (Å²) in [5.74, 6) is 0.647. The molecule has 23 heavy (non-hydrogen) atoms. The molecule has 1 aliphatic heterocycles. The number of carbonyl (C=O) groups is 2. The molecule has 1 saturated heterocycles. The average molecular weight is 321 g/mol. The van der Waals surface area contributed by atoms with Gasteiger partial charge in [-0.05, 0) is 47.5 Å². The summed E-state index contributed by atoms with van der Waals surface area (Å²) in [5, 5.41) is 6.88. The molecule has 2 rings (SSSR count). The zero-order valence-corrected chi connectivity index (χ0v) is 14.7. The lowest BCUT2D eigenvalue weighted by atomic mass is 10.1. The van der Waals surface area contributed by atoms with Crippen LogP contribution >= 0.6 is 0 Å². The van der Waals surface area contributed by atoms with Gasteiger partial charge in [0.05, 0.1) is 11.6 Å². The molecule has 0 bridgehead atoms. The molecule has 1 fully saturated rings. The molecule has 1 aliphatic rings. The minimum absolute atomic E-state index is 0.0242. The standard InChI is InChI=1S/C17H27N3O3/c1-11-14(12(2)23-19-11)7-6-8-18-16(22)13-9-15(21)20(10-13)17(3,4)5/h13H,6-10H2,1-5H3,(H,18,22)/t13-/m0/s1. The van der Waals surface area contributed by atoms with Gasteiger partial charge in [-0.15, -0.1) is 0 Å². The van der Waals surface area contributed by atoms with Gasteiger partial charge in [-0.25, -0.2) is 0 Å². The van der Waals surface area contributed by atoms with Crippen molar-refractivity contribution in [1.29, 1.82) is 0 Å². The summed E-state index contributed by atoms with van der Waals surface area (Å²) in [4.78, 5) is 26.1. The minimum atomic E-state index is -0.235. The van der Waals surface area contributed by atoms with Crippen molar-refractivity contribution in [2.45, 2.75) is 59.4 Å². The number of carbonyl (C=O) groups excluding carboxylic acids is 2. The largest absolute Gasteiger partial charge is 0.361 e. The van der Waals surface area contributed by atoms with Gasteiger partial charge >= 0.3 is 0 Å². The minimum Gasteiger partial charge on any atom is -0.361 e. The van der Waals surface area contributed by atoms with Crippen molar-refractivity contribution in [3.05, 3.63) is 17.0 Å². The molecule has 1 N–H and O–H groups in total. The zero-order chi connectivity index (χ0) is 17.2. The number of likely N-dealkylation sites (tertiary alicyclic amines) is 1. The highest BCUT2D eigenvalue weighted by atomic mass is 16.5. The van der Waals surface area contributed by atoms with Crippen LogP contribution in [0.3, 0.4) is 0 Å². The number of aryl methyl sites for hydroxylation is 2. The fourth-order valence-electron chi connectivity index (χ4n) is 3.01. The van der Waals surface area contributed by atoms with Gasteiger partial charge in [0.15, 0.2) is 0 Å². The molecule has 0 spiro atoms. The van der Waals surface area contributed by atoms with Crippen molar-refractivity contribution in [2.24, 2.45) is 5.92 Å². The Hall–Kier alpha value is -1.85. The fourth-order valence-corrected chi connectivity index (χ4v) is 3.01. The van der Waals surface area contributed by atoms with Crippen LogP contribution in [0.4, 0.5) is 0 Å². The first-order valence-electron chi connectivity index (χ1n) is 8.20. The predicted octanol–water partition coefficient (Wildman–Crippen LogP) is 1.99. The molecule has 2 amide bonds. The van der Waals surface area contributed by atoms with E-state index in [-0.39, 0.29) is 23.3 Å². The second-order valence-corrected chi connectivity index (χ2v) is 7.27. The molecule has 0 radical (unpaired) electrons. The van der Waals surface area contributed by atoms with Crippen LogP contribution in [0.1, 0.15) is 50.6 Å². The molecule has 0 aliphatic carbocycles. The van der Waals surface area contributed by atoms with Crippen molar-refractivity contribution in [2.75, 3.05) is 13.1 Å². The highest BCUT2D eigenvalue weighted by Crippen LogP contribution is 2.25. The number of hydrogen-bond acceptors (Lipinski definition) is 4. The smallest absolute Gasteiger partial charge is 0.225 e.